The number of amides is 1. The van der Waals surface area contributed by atoms with E-state index in [1.807, 2.05) is 36.7 Å². The fourth-order valence-corrected chi connectivity index (χ4v) is 3.38. The lowest BCUT2D eigenvalue weighted by Gasteiger charge is -2.16. The molecule has 4 N–H and O–H groups in total. The third kappa shape index (κ3) is 3.75. The lowest BCUT2D eigenvalue weighted by molar-refractivity contribution is -0.118. The zero-order chi connectivity index (χ0) is 17.8. The van der Waals surface area contributed by atoms with E-state index in [1.54, 1.807) is 0 Å². The normalized spacial score (nSPS) is 12.1. The van der Waals surface area contributed by atoms with E-state index in [1.165, 1.54) is 17.1 Å². The third-order valence-electron chi connectivity index (χ3n) is 3.91. The predicted molar refractivity (Wildman–Crippen MR) is 100 cm³/mol. The van der Waals surface area contributed by atoms with E-state index in [-0.39, 0.29) is 17.7 Å². The molecule has 0 radical (unpaired) electrons. The minimum atomic E-state index is -0.253. The Morgan fingerprint density at radius 3 is 2.80 bits per heavy atom. The number of benzene rings is 2. The first-order valence-corrected chi connectivity index (χ1v) is 8.84. The Morgan fingerprint density at radius 1 is 1.24 bits per heavy atom. The molecule has 1 unspecified atom stereocenters. The molecule has 0 spiro atoms. The molecule has 3 rings (SSSR count). The van der Waals surface area contributed by atoms with Gasteiger partial charge in [0.05, 0.1) is 11.8 Å². The van der Waals surface area contributed by atoms with Crippen LogP contribution in [-0.2, 0) is 11.8 Å². The van der Waals surface area contributed by atoms with Crippen LogP contribution < -0.4 is 16.6 Å². The average molecular weight is 356 g/mol. The quantitative estimate of drug-likeness (QED) is 0.271. The van der Waals surface area contributed by atoms with E-state index < -0.39 is 0 Å². The van der Waals surface area contributed by atoms with Crippen molar-refractivity contribution in [3.8, 4) is 0 Å². The van der Waals surface area contributed by atoms with Gasteiger partial charge >= 0.3 is 0 Å². The molecule has 0 aliphatic carbocycles. The largest absolute Gasteiger partial charge is 0.375 e. The van der Waals surface area contributed by atoms with Crippen LogP contribution in [-0.4, -0.2) is 26.4 Å². The molecule has 7 nitrogen and oxygen atoms in total. The maximum absolute atomic E-state index is 11.3. The highest BCUT2D eigenvalue weighted by Crippen LogP contribution is 2.27. The number of nitrogens with one attached hydrogen (secondary N) is 2. The highest BCUT2D eigenvalue weighted by atomic mass is 32.2. The first-order valence-electron chi connectivity index (χ1n) is 7.86. The van der Waals surface area contributed by atoms with Crippen molar-refractivity contribution in [2.75, 3.05) is 11.1 Å². The van der Waals surface area contributed by atoms with Crippen molar-refractivity contribution in [1.82, 2.24) is 20.2 Å². The summed E-state index contributed by atoms with van der Waals surface area (Å²) >= 11 is 1.30. The maximum atomic E-state index is 11.3. The molecule has 25 heavy (non-hydrogen) atoms. The maximum Gasteiger partial charge on any atom is 0.244 e. The molecule has 1 atom stereocenters. The molecule has 0 saturated carbocycles. The Hall–Kier alpha value is -2.58. The Labute approximate surface area is 150 Å². The number of aromatic nitrogens is 3. The molecular weight excluding hydrogens is 336 g/mol. The topological polar surface area (TPSA) is 97.9 Å². The van der Waals surface area contributed by atoms with Crippen molar-refractivity contribution in [3.63, 3.8) is 0 Å². The van der Waals surface area contributed by atoms with E-state index in [4.69, 9.17) is 5.84 Å². The van der Waals surface area contributed by atoms with E-state index >= 15 is 0 Å². The molecule has 0 fully saturated rings. The number of fused-ring (bicyclic) bond motifs is 1. The summed E-state index contributed by atoms with van der Waals surface area (Å²) in [5.41, 5.74) is 3.15. The smallest absolute Gasteiger partial charge is 0.244 e. The summed E-state index contributed by atoms with van der Waals surface area (Å²) in [4.78, 5) is 11.3. The number of carbonyl (C=O) groups excluding carboxylic acids is 1. The number of nitrogens with zero attached hydrogens (tertiary/aromatic N) is 3. The van der Waals surface area contributed by atoms with E-state index in [9.17, 15) is 4.79 Å². The molecule has 2 aromatic carbocycles. The minimum absolute atomic E-state index is 0.0407. The molecule has 0 saturated heterocycles. The molecule has 1 heterocycles. The first-order chi connectivity index (χ1) is 12.1. The molecule has 0 aliphatic heterocycles. The molecule has 1 aromatic heterocycles. The Morgan fingerprint density at radius 2 is 2.00 bits per heavy atom. The summed E-state index contributed by atoms with van der Waals surface area (Å²) in [6.45, 7) is 2.03. The fraction of sp³-hybridized carbons (Fsp3) is 0.235. The van der Waals surface area contributed by atoms with E-state index in [0.717, 1.165) is 16.9 Å². The summed E-state index contributed by atoms with van der Waals surface area (Å²) < 4.78 is 1.89. The van der Waals surface area contributed by atoms with Crippen LogP contribution in [0.15, 0.2) is 47.6 Å². The predicted octanol–water partition coefficient (Wildman–Crippen LogP) is 2.22. The van der Waals surface area contributed by atoms with Crippen molar-refractivity contribution >= 4 is 34.1 Å². The van der Waals surface area contributed by atoms with Crippen molar-refractivity contribution in [2.24, 2.45) is 12.9 Å². The van der Waals surface area contributed by atoms with Crippen molar-refractivity contribution in [1.29, 1.82) is 0 Å². The number of thioether (sulfide) groups is 1. The summed E-state index contributed by atoms with van der Waals surface area (Å²) in [6.07, 6.45) is 0. The van der Waals surface area contributed by atoms with Gasteiger partial charge in [-0.2, -0.15) is 0 Å². The third-order valence-corrected chi connectivity index (χ3v) is 4.93. The van der Waals surface area contributed by atoms with Crippen LogP contribution >= 0.6 is 11.8 Å². The van der Waals surface area contributed by atoms with Gasteiger partial charge in [0.1, 0.15) is 0 Å². The summed E-state index contributed by atoms with van der Waals surface area (Å²) in [5, 5.41) is 14.9. The SMILES string of the molecule is CC(Nc1cccc2ccccc12)c1nnc(SCC(=O)NN)n1C. The van der Waals surface area contributed by atoms with Crippen LogP contribution in [0.3, 0.4) is 0 Å². The number of nitrogens with two attached hydrogens (primary N) is 1. The van der Waals surface area contributed by atoms with Gasteiger partial charge in [0.25, 0.3) is 0 Å². The van der Waals surface area contributed by atoms with Crippen LogP contribution in [0, 0.1) is 0 Å². The lowest BCUT2D eigenvalue weighted by Crippen LogP contribution is -2.31. The van der Waals surface area contributed by atoms with Crippen molar-refractivity contribution in [3.05, 3.63) is 48.3 Å². The van der Waals surface area contributed by atoms with Crippen LogP contribution in [0.1, 0.15) is 18.8 Å². The van der Waals surface area contributed by atoms with Gasteiger partial charge in [-0.15, -0.1) is 10.2 Å². The summed E-state index contributed by atoms with van der Waals surface area (Å²) in [5.74, 6) is 5.84. The Kier molecular flexibility index (Phi) is 5.20. The van der Waals surface area contributed by atoms with Crippen LogP contribution in [0.25, 0.3) is 10.8 Å². The molecule has 0 bridgehead atoms. The van der Waals surface area contributed by atoms with Gasteiger partial charge in [-0.25, -0.2) is 5.84 Å². The number of anilines is 1. The van der Waals surface area contributed by atoms with Crippen LogP contribution in [0.2, 0.25) is 0 Å². The van der Waals surface area contributed by atoms with Gasteiger partial charge in [-0.3, -0.25) is 10.2 Å². The van der Waals surface area contributed by atoms with Gasteiger partial charge < -0.3 is 9.88 Å². The van der Waals surface area contributed by atoms with Gasteiger partial charge in [-0.1, -0.05) is 48.2 Å². The van der Waals surface area contributed by atoms with Crippen molar-refractivity contribution in [2.45, 2.75) is 18.1 Å². The van der Waals surface area contributed by atoms with Gasteiger partial charge in [0.2, 0.25) is 5.91 Å². The first kappa shape index (κ1) is 17.2. The van der Waals surface area contributed by atoms with E-state index in [2.05, 4.69) is 45.2 Å². The van der Waals surface area contributed by atoms with Crippen LogP contribution in [0.5, 0.6) is 0 Å². The van der Waals surface area contributed by atoms with Gasteiger partial charge in [0.15, 0.2) is 11.0 Å². The minimum Gasteiger partial charge on any atom is -0.375 e. The highest BCUT2D eigenvalue weighted by molar-refractivity contribution is 7.99. The second kappa shape index (κ2) is 7.54. The number of hydrogen-bond acceptors (Lipinski definition) is 6. The Balaban J connectivity index is 1.78. The number of rotatable bonds is 6. The highest BCUT2D eigenvalue weighted by Gasteiger charge is 2.17. The second-order valence-electron chi connectivity index (χ2n) is 5.65. The number of hydrazine groups is 1. The standard InChI is InChI=1S/C17H20N6OS/c1-11(16-21-22-17(23(16)2)25-10-15(24)20-18)19-14-9-5-7-12-6-3-4-8-13(12)14/h3-9,11,19H,10,18H2,1-2H3,(H,20,24). The monoisotopic (exact) mass is 356 g/mol. The molecule has 130 valence electrons. The van der Waals surface area contributed by atoms with E-state index in [0.29, 0.717) is 5.16 Å². The summed E-state index contributed by atoms with van der Waals surface area (Å²) in [7, 11) is 1.89. The molecule has 0 aliphatic rings. The molecule has 8 heteroatoms. The van der Waals surface area contributed by atoms with Crippen molar-refractivity contribution < 1.29 is 4.79 Å². The van der Waals surface area contributed by atoms with Gasteiger partial charge in [-0.05, 0) is 18.4 Å². The molecule has 3 aromatic rings. The average Bonchev–Trinajstić information content (AvgIpc) is 3.00. The fourth-order valence-electron chi connectivity index (χ4n) is 2.65. The lowest BCUT2D eigenvalue weighted by atomic mass is 10.1. The molecule has 1 amide bonds. The zero-order valence-electron chi connectivity index (χ0n) is 14.1. The zero-order valence-corrected chi connectivity index (χ0v) is 14.9. The number of hydrogen-bond donors (Lipinski definition) is 3. The number of carbonyl (C=O) groups is 1. The Bertz CT molecular complexity index is 888. The molecular formula is C17H20N6OS. The summed E-state index contributed by atoms with van der Waals surface area (Å²) in [6, 6.07) is 14.4. The second-order valence-corrected chi connectivity index (χ2v) is 6.59. The van der Waals surface area contributed by atoms with Crippen LogP contribution in [0.4, 0.5) is 5.69 Å². The van der Waals surface area contributed by atoms with Gasteiger partial charge in [0, 0.05) is 18.1 Å².